The molecule has 3 aromatic rings. The van der Waals surface area contributed by atoms with Crippen molar-refractivity contribution in [1.29, 1.82) is 0 Å². The first-order valence-corrected chi connectivity index (χ1v) is 10.0. The van der Waals surface area contributed by atoms with Crippen molar-refractivity contribution < 1.29 is 28.2 Å². The Bertz CT molecular complexity index is 974. The second-order valence-corrected chi connectivity index (χ2v) is 6.52. The van der Waals surface area contributed by atoms with E-state index in [1.165, 1.54) is 36.9 Å². The van der Waals surface area contributed by atoms with Gasteiger partial charge in [0.1, 0.15) is 17.0 Å². The Labute approximate surface area is 186 Å². The van der Waals surface area contributed by atoms with E-state index in [-0.39, 0.29) is 18.3 Å². The second-order valence-electron chi connectivity index (χ2n) is 4.96. The van der Waals surface area contributed by atoms with E-state index >= 15 is 0 Å². The molecule has 0 fully saturated rings. The van der Waals surface area contributed by atoms with Crippen molar-refractivity contribution in [3.63, 3.8) is 0 Å². The Balaban J connectivity index is 0.000000293. The summed E-state index contributed by atoms with van der Waals surface area (Å²) in [7, 11) is 2.78. The molecule has 1 N–H and O–H groups in total. The summed E-state index contributed by atoms with van der Waals surface area (Å²) in [5, 5.41) is 2.33. The molecular weight excluding hydrogens is 453 g/mol. The van der Waals surface area contributed by atoms with Crippen LogP contribution in [-0.4, -0.2) is 59.7 Å². The van der Waals surface area contributed by atoms with Crippen molar-refractivity contribution >= 4 is 51.4 Å². The van der Waals surface area contributed by atoms with Crippen LogP contribution in [0, 0.1) is 5.82 Å². The van der Waals surface area contributed by atoms with Crippen LogP contribution in [0.3, 0.4) is 0 Å². The maximum absolute atomic E-state index is 13.4. The minimum absolute atomic E-state index is 0.0426. The zero-order valence-corrected chi connectivity index (χ0v) is 18.8. The van der Waals surface area contributed by atoms with Crippen molar-refractivity contribution in [3.05, 3.63) is 34.6 Å². The number of pyridine rings is 1. The molecule has 3 aromatic heterocycles. The molecular formula is C18H21ClFN5O5S. The largest absolute Gasteiger partial charge is 0.473 e. The molecule has 31 heavy (non-hydrogen) atoms. The standard InChI is InChI=1S/C9H8ClFN2O2S.C7H7N3O3.C2H6/c1-14-2-3-15-7-5(11)4-6-8(13-7)16-9(10)12-6;1-13-7(12)6-8-2-5(3-9-6)10-4-11;1-2/h4H,2-3H2,1H3;2-4H,1H3,(H,10,11);1-2H3. The lowest BCUT2D eigenvalue weighted by atomic mass is 10.4. The van der Waals surface area contributed by atoms with Gasteiger partial charge in [0.05, 0.1) is 31.8 Å². The number of halogens is 2. The van der Waals surface area contributed by atoms with Gasteiger partial charge in [-0.3, -0.25) is 4.79 Å². The maximum Gasteiger partial charge on any atom is 0.376 e. The number of fused-ring (bicyclic) bond motifs is 1. The Hall–Kier alpha value is -2.96. The molecule has 3 heterocycles. The quantitative estimate of drug-likeness (QED) is 0.312. The molecule has 10 nitrogen and oxygen atoms in total. The summed E-state index contributed by atoms with van der Waals surface area (Å²) >= 11 is 6.88. The van der Waals surface area contributed by atoms with Gasteiger partial charge in [-0.05, 0) is 0 Å². The first-order valence-electron chi connectivity index (χ1n) is 8.83. The van der Waals surface area contributed by atoms with Crippen LogP contribution in [-0.2, 0) is 14.3 Å². The summed E-state index contributed by atoms with van der Waals surface area (Å²) in [5.41, 5.74) is 0.856. The number of esters is 1. The number of carbonyl (C=O) groups excluding carboxylic acids is 2. The smallest absolute Gasteiger partial charge is 0.376 e. The molecule has 1 amide bonds. The minimum atomic E-state index is -0.613. The summed E-state index contributed by atoms with van der Waals surface area (Å²) in [5.74, 6) is -1.26. The third kappa shape index (κ3) is 8.36. The van der Waals surface area contributed by atoms with Gasteiger partial charge in [0.2, 0.25) is 12.2 Å². The van der Waals surface area contributed by atoms with Crippen molar-refractivity contribution in [2.45, 2.75) is 13.8 Å². The van der Waals surface area contributed by atoms with Gasteiger partial charge in [-0.1, -0.05) is 36.8 Å². The molecule has 0 bridgehead atoms. The number of nitrogens with one attached hydrogen (secondary N) is 1. The Morgan fingerprint density at radius 3 is 2.48 bits per heavy atom. The van der Waals surface area contributed by atoms with Crippen molar-refractivity contribution in [3.8, 4) is 5.88 Å². The van der Waals surface area contributed by atoms with Crippen LogP contribution in [0.5, 0.6) is 5.88 Å². The number of rotatable bonds is 7. The summed E-state index contributed by atoms with van der Waals surface area (Å²) in [6, 6.07) is 1.26. The van der Waals surface area contributed by atoms with E-state index in [1.807, 2.05) is 13.8 Å². The van der Waals surface area contributed by atoms with Crippen LogP contribution in [0.25, 0.3) is 10.3 Å². The SMILES string of the molecule is CC.COC(=O)c1ncc(NC=O)cn1.COCCOc1nc2sc(Cl)nc2cc1F. The van der Waals surface area contributed by atoms with Gasteiger partial charge in [0, 0.05) is 13.2 Å². The van der Waals surface area contributed by atoms with Gasteiger partial charge in [-0.25, -0.2) is 24.1 Å². The fourth-order valence-electron chi connectivity index (χ4n) is 1.79. The molecule has 0 saturated heterocycles. The van der Waals surface area contributed by atoms with Crippen LogP contribution in [0.4, 0.5) is 10.1 Å². The molecule has 0 unspecified atom stereocenters. The monoisotopic (exact) mass is 473 g/mol. The number of hydrogen-bond acceptors (Lipinski definition) is 10. The Morgan fingerprint density at radius 2 is 1.90 bits per heavy atom. The van der Waals surface area contributed by atoms with E-state index in [4.69, 9.17) is 21.1 Å². The third-order valence-corrected chi connectivity index (χ3v) is 4.12. The van der Waals surface area contributed by atoms with Gasteiger partial charge in [0.15, 0.2) is 10.3 Å². The van der Waals surface area contributed by atoms with Crippen LogP contribution in [0.15, 0.2) is 18.5 Å². The van der Waals surface area contributed by atoms with E-state index in [0.717, 1.165) is 0 Å². The lowest BCUT2D eigenvalue weighted by Gasteiger charge is -2.04. The highest BCUT2D eigenvalue weighted by molar-refractivity contribution is 7.21. The number of nitrogens with zero attached hydrogens (tertiary/aromatic N) is 4. The lowest BCUT2D eigenvalue weighted by molar-refractivity contribution is -0.105. The molecule has 0 radical (unpaired) electrons. The summed E-state index contributed by atoms with van der Waals surface area (Å²) in [6.07, 6.45) is 3.12. The second kappa shape index (κ2) is 14.1. The van der Waals surface area contributed by atoms with Crippen molar-refractivity contribution in [2.24, 2.45) is 0 Å². The molecule has 0 spiro atoms. The minimum Gasteiger partial charge on any atom is -0.473 e. The number of thiazole rings is 1. The molecule has 0 aliphatic carbocycles. The Morgan fingerprint density at radius 1 is 1.23 bits per heavy atom. The summed E-state index contributed by atoms with van der Waals surface area (Å²) in [4.78, 5) is 36.6. The first kappa shape index (κ1) is 26.1. The van der Waals surface area contributed by atoms with Gasteiger partial charge in [-0.2, -0.15) is 4.98 Å². The third-order valence-electron chi connectivity index (χ3n) is 3.05. The van der Waals surface area contributed by atoms with Crippen LogP contribution >= 0.6 is 22.9 Å². The average Bonchev–Trinajstić information content (AvgIpc) is 3.14. The van der Waals surface area contributed by atoms with E-state index in [9.17, 15) is 14.0 Å². The van der Waals surface area contributed by atoms with E-state index < -0.39 is 11.8 Å². The zero-order chi connectivity index (χ0) is 23.2. The number of amides is 1. The van der Waals surface area contributed by atoms with Gasteiger partial charge >= 0.3 is 5.97 Å². The highest BCUT2D eigenvalue weighted by Gasteiger charge is 2.11. The molecule has 3 rings (SSSR count). The predicted octanol–water partition coefficient (Wildman–Crippen LogP) is 3.37. The van der Waals surface area contributed by atoms with E-state index in [0.29, 0.717) is 33.5 Å². The van der Waals surface area contributed by atoms with Crippen LogP contribution in [0.2, 0.25) is 4.47 Å². The van der Waals surface area contributed by atoms with Crippen LogP contribution in [0.1, 0.15) is 24.5 Å². The number of hydrogen-bond donors (Lipinski definition) is 1. The molecule has 0 aliphatic heterocycles. The molecule has 0 aromatic carbocycles. The van der Waals surface area contributed by atoms with E-state index in [2.05, 4.69) is 30.0 Å². The topological polar surface area (TPSA) is 125 Å². The zero-order valence-electron chi connectivity index (χ0n) is 17.2. The van der Waals surface area contributed by atoms with Gasteiger partial charge in [0.25, 0.3) is 5.88 Å². The number of methoxy groups -OCH3 is 2. The average molecular weight is 474 g/mol. The predicted molar refractivity (Wildman–Crippen MR) is 114 cm³/mol. The molecule has 0 saturated carbocycles. The molecule has 168 valence electrons. The van der Waals surface area contributed by atoms with Crippen LogP contribution < -0.4 is 10.1 Å². The number of aromatic nitrogens is 4. The number of carbonyl (C=O) groups is 2. The molecule has 13 heteroatoms. The normalized spacial score (nSPS) is 9.61. The van der Waals surface area contributed by atoms with Crippen molar-refractivity contribution in [2.75, 3.05) is 32.8 Å². The number of ether oxygens (including phenoxy) is 3. The van der Waals surface area contributed by atoms with Gasteiger partial charge < -0.3 is 19.5 Å². The van der Waals surface area contributed by atoms with Gasteiger partial charge in [-0.15, -0.1) is 0 Å². The van der Waals surface area contributed by atoms with E-state index in [1.54, 1.807) is 7.11 Å². The Kier molecular flexibility index (Phi) is 11.9. The first-order chi connectivity index (χ1) is 15.0. The number of anilines is 1. The lowest BCUT2D eigenvalue weighted by Crippen LogP contribution is -2.07. The molecule has 0 atom stereocenters. The highest BCUT2D eigenvalue weighted by atomic mass is 35.5. The summed E-state index contributed by atoms with van der Waals surface area (Å²) in [6.45, 7) is 4.63. The fraction of sp³-hybridized carbons (Fsp3) is 0.333. The maximum atomic E-state index is 13.4. The fourth-order valence-corrected chi connectivity index (χ4v) is 2.74. The summed E-state index contributed by atoms with van der Waals surface area (Å²) < 4.78 is 28.1. The highest BCUT2D eigenvalue weighted by Crippen LogP contribution is 2.27. The van der Waals surface area contributed by atoms with Crippen molar-refractivity contribution in [1.82, 2.24) is 19.9 Å². The molecule has 0 aliphatic rings.